The van der Waals surface area contributed by atoms with Crippen LogP contribution >= 0.6 is 15.9 Å². The lowest BCUT2D eigenvalue weighted by Gasteiger charge is -2.14. The van der Waals surface area contributed by atoms with E-state index in [1.54, 1.807) is 13.0 Å². The van der Waals surface area contributed by atoms with E-state index in [-0.39, 0.29) is 17.9 Å². The third-order valence-corrected chi connectivity index (χ3v) is 5.00. The Morgan fingerprint density at radius 2 is 2.15 bits per heavy atom. The van der Waals surface area contributed by atoms with Crippen LogP contribution in [-0.2, 0) is 19.6 Å². The van der Waals surface area contributed by atoms with E-state index in [4.69, 9.17) is 9.84 Å². The molecule has 1 atom stereocenters. The molecule has 0 radical (unpaired) electrons. The number of carboxylic acids is 1. The minimum atomic E-state index is -3.88. The standard InChI is InChI=1S/C12H16BrNO5S/c1-8-7-9(3-4-10(8)13)20(17,18)14-11(12(15)16)5-6-19-2/h3-4,7,11,14H,5-6H2,1-2H3,(H,15,16). The normalized spacial score (nSPS) is 13.2. The van der Waals surface area contributed by atoms with Gasteiger partial charge in [0.15, 0.2) is 0 Å². The molecule has 0 saturated carbocycles. The fraction of sp³-hybridized carbons (Fsp3) is 0.417. The number of halogens is 1. The molecule has 1 aromatic carbocycles. The van der Waals surface area contributed by atoms with Crippen molar-refractivity contribution in [1.29, 1.82) is 0 Å². The topological polar surface area (TPSA) is 92.7 Å². The van der Waals surface area contributed by atoms with Crippen LogP contribution in [0.1, 0.15) is 12.0 Å². The third-order valence-electron chi connectivity index (χ3n) is 2.65. The number of rotatable bonds is 7. The molecule has 1 aromatic rings. The van der Waals surface area contributed by atoms with Crippen LogP contribution in [0, 0.1) is 6.92 Å². The zero-order valence-corrected chi connectivity index (χ0v) is 13.5. The van der Waals surface area contributed by atoms with E-state index < -0.39 is 22.0 Å². The van der Waals surface area contributed by atoms with Crippen LogP contribution in [0.3, 0.4) is 0 Å². The van der Waals surface area contributed by atoms with Gasteiger partial charge in [0, 0.05) is 18.2 Å². The van der Waals surface area contributed by atoms with Gasteiger partial charge in [0.2, 0.25) is 10.0 Å². The van der Waals surface area contributed by atoms with Crippen molar-refractivity contribution in [2.24, 2.45) is 0 Å². The van der Waals surface area contributed by atoms with Gasteiger partial charge < -0.3 is 9.84 Å². The Morgan fingerprint density at radius 1 is 1.50 bits per heavy atom. The maximum atomic E-state index is 12.1. The molecular weight excluding hydrogens is 350 g/mol. The lowest BCUT2D eigenvalue weighted by atomic mass is 10.2. The van der Waals surface area contributed by atoms with Crippen molar-refractivity contribution in [3.8, 4) is 0 Å². The van der Waals surface area contributed by atoms with Gasteiger partial charge in [-0.15, -0.1) is 0 Å². The fourth-order valence-corrected chi connectivity index (χ4v) is 3.06. The molecule has 8 heteroatoms. The van der Waals surface area contributed by atoms with Crippen molar-refractivity contribution in [2.45, 2.75) is 24.3 Å². The van der Waals surface area contributed by atoms with Crippen LogP contribution in [0.4, 0.5) is 0 Å². The number of hydrogen-bond acceptors (Lipinski definition) is 4. The summed E-state index contributed by atoms with van der Waals surface area (Å²) in [5.74, 6) is -1.24. The van der Waals surface area contributed by atoms with Crippen LogP contribution in [0.5, 0.6) is 0 Å². The number of ether oxygens (including phenoxy) is 1. The molecule has 0 aliphatic heterocycles. The van der Waals surface area contributed by atoms with Gasteiger partial charge in [-0.1, -0.05) is 15.9 Å². The predicted molar refractivity (Wildman–Crippen MR) is 77.1 cm³/mol. The van der Waals surface area contributed by atoms with Gasteiger partial charge in [0.25, 0.3) is 0 Å². The molecule has 0 aliphatic rings. The van der Waals surface area contributed by atoms with Crippen LogP contribution < -0.4 is 4.72 Å². The monoisotopic (exact) mass is 365 g/mol. The predicted octanol–water partition coefficient (Wildman–Crippen LogP) is 1.53. The Balaban J connectivity index is 2.97. The molecule has 6 nitrogen and oxygen atoms in total. The van der Waals surface area contributed by atoms with Crippen molar-refractivity contribution >= 4 is 31.9 Å². The summed E-state index contributed by atoms with van der Waals surface area (Å²) in [6.45, 7) is 1.90. The van der Waals surface area contributed by atoms with Crippen molar-refractivity contribution in [2.75, 3.05) is 13.7 Å². The highest BCUT2D eigenvalue weighted by atomic mass is 79.9. The number of carbonyl (C=O) groups is 1. The van der Waals surface area contributed by atoms with Gasteiger partial charge in [-0.3, -0.25) is 4.79 Å². The number of benzene rings is 1. The summed E-state index contributed by atoms with van der Waals surface area (Å²) in [5.41, 5.74) is 0.747. The minimum Gasteiger partial charge on any atom is -0.480 e. The van der Waals surface area contributed by atoms with Crippen molar-refractivity contribution in [3.63, 3.8) is 0 Å². The highest BCUT2D eigenvalue weighted by Crippen LogP contribution is 2.20. The quantitative estimate of drug-likeness (QED) is 0.764. The second-order valence-corrected chi connectivity index (χ2v) is 6.77. The number of carboxylic acid groups (broad SMARTS) is 1. The summed E-state index contributed by atoms with van der Waals surface area (Å²) >= 11 is 3.28. The molecule has 1 unspecified atom stereocenters. The van der Waals surface area contributed by atoms with Gasteiger partial charge >= 0.3 is 5.97 Å². The summed E-state index contributed by atoms with van der Waals surface area (Å²) in [6.07, 6.45) is 0.0561. The fourth-order valence-electron chi connectivity index (χ4n) is 1.51. The first-order chi connectivity index (χ1) is 9.27. The van der Waals surface area contributed by atoms with E-state index in [0.717, 1.165) is 10.0 Å². The van der Waals surface area contributed by atoms with Crippen LogP contribution in [0.25, 0.3) is 0 Å². The van der Waals surface area contributed by atoms with Gasteiger partial charge in [0.1, 0.15) is 6.04 Å². The van der Waals surface area contributed by atoms with Gasteiger partial charge in [0.05, 0.1) is 4.90 Å². The summed E-state index contributed by atoms with van der Waals surface area (Å²) < 4.78 is 32.0. The number of aliphatic carboxylic acids is 1. The Bertz CT molecular complexity index is 588. The zero-order chi connectivity index (χ0) is 15.3. The smallest absolute Gasteiger partial charge is 0.321 e. The van der Waals surface area contributed by atoms with Crippen molar-refractivity contribution < 1.29 is 23.1 Å². The molecule has 112 valence electrons. The first kappa shape index (κ1) is 17.1. The van der Waals surface area contributed by atoms with Gasteiger partial charge in [-0.25, -0.2) is 8.42 Å². The molecule has 2 N–H and O–H groups in total. The average Bonchev–Trinajstić information content (AvgIpc) is 2.37. The molecule has 0 saturated heterocycles. The molecule has 0 heterocycles. The lowest BCUT2D eigenvalue weighted by molar-refractivity contribution is -0.139. The minimum absolute atomic E-state index is 0.0295. The average molecular weight is 366 g/mol. The van der Waals surface area contributed by atoms with Crippen LogP contribution in [-0.4, -0.2) is 39.3 Å². The number of aryl methyl sites for hydroxylation is 1. The first-order valence-electron chi connectivity index (χ1n) is 5.78. The van der Waals surface area contributed by atoms with E-state index in [2.05, 4.69) is 20.7 Å². The highest BCUT2D eigenvalue weighted by Gasteiger charge is 2.25. The summed E-state index contributed by atoms with van der Waals surface area (Å²) in [4.78, 5) is 11.1. The van der Waals surface area contributed by atoms with E-state index in [1.807, 2.05) is 0 Å². The Labute approximate surface area is 126 Å². The Kier molecular flexibility index (Phi) is 6.12. The van der Waals surface area contributed by atoms with E-state index >= 15 is 0 Å². The van der Waals surface area contributed by atoms with Crippen LogP contribution in [0.15, 0.2) is 27.6 Å². The van der Waals surface area contributed by atoms with E-state index in [0.29, 0.717) is 0 Å². The number of sulfonamides is 1. The number of methoxy groups -OCH3 is 1. The second kappa shape index (κ2) is 7.16. The summed E-state index contributed by atoms with van der Waals surface area (Å²) in [6, 6.07) is 3.27. The lowest BCUT2D eigenvalue weighted by Crippen LogP contribution is -2.41. The SMILES string of the molecule is COCCC(NS(=O)(=O)c1ccc(Br)c(C)c1)C(=O)O. The number of nitrogens with one attached hydrogen (secondary N) is 1. The summed E-state index contributed by atoms with van der Waals surface area (Å²) in [7, 11) is -2.46. The Hall–Kier alpha value is -0.960. The molecule has 0 fully saturated rings. The van der Waals surface area contributed by atoms with Crippen molar-refractivity contribution in [3.05, 3.63) is 28.2 Å². The molecular formula is C12H16BrNO5S. The molecule has 0 aliphatic carbocycles. The highest BCUT2D eigenvalue weighted by molar-refractivity contribution is 9.10. The van der Waals surface area contributed by atoms with Gasteiger partial charge in [-0.2, -0.15) is 4.72 Å². The maximum Gasteiger partial charge on any atom is 0.321 e. The zero-order valence-electron chi connectivity index (χ0n) is 11.1. The second-order valence-electron chi connectivity index (χ2n) is 4.20. The molecule has 20 heavy (non-hydrogen) atoms. The number of hydrogen-bond donors (Lipinski definition) is 2. The maximum absolute atomic E-state index is 12.1. The molecule has 0 aromatic heterocycles. The molecule has 0 bridgehead atoms. The largest absolute Gasteiger partial charge is 0.480 e. The van der Waals surface area contributed by atoms with E-state index in [9.17, 15) is 13.2 Å². The molecule has 0 spiro atoms. The third kappa shape index (κ3) is 4.55. The van der Waals surface area contributed by atoms with E-state index in [1.165, 1.54) is 19.2 Å². The summed E-state index contributed by atoms with van der Waals surface area (Å²) in [5, 5.41) is 9.02. The van der Waals surface area contributed by atoms with Gasteiger partial charge in [-0.05, 0) is 37.1 Å². The van der Waals surface area contributed by atoms with Crippen molar-refractivity contribution in [1.82, 2.24) is 4.72 Å². The first-order valence-corrected chi connectivity index (χ1v) is 8.06. The Morgan fingerprint density at radius 3 is 2.65 bits per heavy atom. The molecule has 1 rings (SSSR count). The molecule has 0 amide bonds. The van der Waals surface area contributed by atoms with Crippen LogP contribution in [0.2, 0.25) is 0 Å².